The first kappa shape index (κ1) is 13.6. The van der Waals surface area contributed by atoms with Crippen LogP contribution in [0, 0.1) is 5.41 Å². The molecule has 4 nitrogen and oxygen atoms in total. The number of nitrogens with zero attached hydrogens (tertiary/aromatic N) is 1. The number of hydrogen-bond acceptors (Lipinski definition) is 3. The second kappa shape index (κ2) is 5.43. The molecule has 1 aromatic carbocycles. The molecule has 1 aliphatic heterocycles. The molecular formula is C15H19NO3. The number of benzene rings is 1. The summed E-state index contributed by atoms with van der Waals surface area (Å²) in [5.41, 5.74) is 0.0640. The minimum absolute atomic E-state index is 0.130. The summed E-state index contributed by atoms with van der Waals surface area (Å²) in [5, 5.41) is 0. The van der Waals surface area contributed by atoms with E-state index in [4.69, 9.17) is 4.74 Å². The van der Waals surface area contributed by atoms with Crippen molar-refractivity contribution in [2.45, 2.75) is 26.8 Å². The molecule has 1 amide bonds. The Kier molecular flexibility index (Phi) is 3.88. The van der Waals surface area contributed by atoms with Crippen molar-refractivity contribution in [3.63, 3.8) is 0 Å². The number of hydrogen-bond donors (Lipinski definition) is 0. The van der Waals surface area contributed by atoms with Gasteiger partial charge < -0.3 is 9.64 Å². The Morgan fingerprint density at radius 1 is 1.37 bits per heavy atom. The fraction of sp³-hybridized carbons (Fsp3) is 0.467. The molecule has 1 aromatic rings. The quantitative estimate of drug-likeness (QED) is 0.615. The van der Waals surface area contributed by atoms with Crippen LogP contribution in [0.1, 0.15) is 25.8 Å². The lowest BCUT2D eigenvalue weighted by Crippen LogP contribution is -2.39. The van der Waals surface area contributed by atoms with Crippen LogP contribution in [0.5, 0.6) is 0 Å². The van der Waals surface area contributed by atoms with Crippen molar-refractivity contribution in [3.8, 4) is 0 Å². The van der Waals surface area contributed by atoms with Crippen LogP contribution in [0.3, 0.4) is 0 Å². The Morgan fingerprint density at radius 3 is 2.68 bits per heavy atom. The molecule has 0 bridgehead atoms. The molecule has 102 valence electrons. The van der Waals surface area contributed by atoms with Crippen molar-refractivity contribution >= 4 is 11.9 Å². The number of amides is 1. The highest BCUT2D eigenvalue weighted by atomic mass is 16.5. The third kappa shape index (κ3) is 2.62. The molecule has 0 spiro atoms. The smallest absolute Gasteiger partial charge is 0.321 e. The van der Waals surface area contributed by atoms with E-state index in [9.17, 15) is 9.59 Å². The molecule has 0 radical (unpaired) electrons. The molecule has 1 unspecified atom stereocenters. The molecule has 2 rings (SSSR count). The van der Waals surface area contributed by atoms with E-state index in [0.29, 0.717) is 26.1 Å². The van der Waals surface area contributed by atoms with Gasteiger partial charge >= 0.3 is 5.97 Å². The number of esters is 1. The van der Waals surface area contributed by atoms with Gasteiger partial charge in [-0.2, -0.15) is 0 Å². The van der Waals surface area contributed by atoms with E-state index < -0.39 is 11.4 Å². The molecule has 1 aliphatic rings. The lowest BCUT2D eigenvalue weighted by molar-refractivity contribution is -0.159. The molecule has 0 aliphatic carbocycles. The standard InChI is InChI=1S/C15H19NO3/c1-3-19-14(18)15(2)9-10-16(13(15)17)11-12-7-5-4-6-8-12/h4-8H,3,9-11H2,1-2H3. The Hall–Kier alpha value is -1.84. The number of carbonyl (C=O) groups excluding carboxylic acids is 2. The Labute approximate surface area is 113 Å². The molecule has 0 saturated carbocycles. The predicted octanol–water partition coefficient (Wildman–Crippen LogP) is 1.99. The molecule has 1 fully saturated rings. The van der Waals surface area contributed by atoms with Gasteiger partial charge in [0.1, 0.15) is 5.41 Å². The first-order chi connectivity index (χ1) is 9.08. The van der Waals surface area contributed by atoms with Crippen LogP contribution in [0.4, 0.5) is 0 Å². The Morgan fingerprint density at radius 2 is 2.05 bits per heavy atom. The van der Waals surface area contributed by atoms with Gasteiger partial charge in [-0.25, -0.2) is 0 Å². The molecule has 19 heavy (non-hydrogen) atoms. The van der Waals surface area contributed by atoms with Crippen LogP contribution < -0.4 is 0 Å². The average Bonchev–Trinajstić information content (AvgIpc) is 2.70. The summed E-state index contributed by atoms with van der Waals surface area (Å²) in [7, 11) is 0. The summed E-state index contributed by atoms with van der Waals surface area (Å²) < 4.78 is 5.01. The van der Waals surface area contributed by atoms with E-state index in [1.165, 1.54) is 0 Å². The van der Waals surface area contributed by atoms with Crippen molar-refractivity contribution in [2.75, 3.05) is 13.2 Å². The second-order valence-corrected chi connectivity index (χ2v) is 5.01. The van der Waals surface area contributed by atoms with Crippen molar-refractivity contribution in [3.05, 3.63) is 35.9 Å². The summed E-state index contributed by atoms with van der Waals surface area (Å²) in [6.07, 6.45) is 0.525. The van der Waals surface area contributed by atoms with Gasteiger partial charge in [0, 0.05) is 13.1 Å². The molecule has 0 N–H and O–H groups in total. The summed E-state index contributed by atoms with van der Waals surface area (Å²) in [4.78, 5) is 26.0. The molecule has 1 heterocycles. The number of rotatable bonds is 4. The summed E-state index contributed by atoms with van der Waals surface area (Å²) in [6, 6.07) is 9.79. The number of ether oxygens (including phenoxy) is 1. The fourth-order valence-electron chi connectivity index (χ4n) is 2.35. The Bertz CT molecular complexity index is 472. The minimum atomic E-state index is -1.01. The van der Waals surface area contributed by atoms with Crippen LogP contribution in [-0.2, 0) is 20.9 Å². The summed E-state index contributed by atoms with van der Waals surface area (Å²) in [5.74, 6) is -0.537. The van der Waals surface area contributed by atoms with Gasteiger partial charge in [-0.3, -0.25) is 9.59 Å². The summed E-state index contributed by atoms with van der Waals surface area (Å²) >= 11 is 0. The van der Waals surface area contributed by atoms with Gasteiger partial charge in [-0.15, -0.1) is 0 Å². The van der Waals surface area contributed by atoms with Gasteiger partial charge in [-0.05, 0) is 25.8 Å². The second-order valence-electron chi connectivity index (χ2n) is 5.01. The topological polar surface area (TPSA) is 46.6 Å². The third-order valence-corrected chi connectivity index (χ3v) is 3.58. The van der Waals surface area contributed by atoms with E-state index in [-0.39, 0.29) is 5.91 Å². The molecule has 0 aromatic heterocycles. The lowest BCUT2D eigenvalue weighted by Gasteiger charge is -2.21. The minimum Gasteiger partial charge on any atom is -0.465 e. The fourth-order valence-corrected chi connectivity index (χ4v) is 2.35. The highest BCUT2D eigenvalue weighted by molar-refractivity contribution is 6.03. The van der Waals surface area contributed by atoms with Gasteiger partial charge in [0.15, 0.2) is 0 Å². The third-order valence-electron chi connectivity index (χ3n) is 3.58. The average molecular weight is 261 g/mol. The first-order valence-corrected chi connectivity index (χ1v) is 6.58. The van der Waals surface area contributed by atoms with Crippen molar-refractivity contribution in [2.24, 2.45) is 5.41 Å². The van der Waals surface area contributed by atoms with Crippen LogP contribution in [0.2, 0.25) is 0 Å². The maximum absolute atomic E-state index is 12.4. The molecule has 1 saturated heterocycles. The maximum Gasteiger partial charge on any atom is 0.321 e. The van der Waals surface area contributed by atoms with Crippen molar-refractivity contribution in [1.29, 1.82) is 0 Å². The predicted molar refractivity (Wildman–Crippen MR) is 71.2 cm³/mol. The number of likely N-dealkylation sites (tertiary alicyclic amines) is 1. The molecular weight excluding hydrogens is 242 g/mol. The van der Waals surface area contributed by atoms with E-state index >= 15 is 0 Å². The zero-order chi connectivity index (χ0) is 13.9. The lowest BCUT2D eigenvalue weighted by atomic mass is 9.89. The first-order valence-electron chi connectivity index (χ1n) is 6.58. The highest BCUT2D eigenvalue weighted by Gasteiger charge is 2.49. The molecule has 1 atom stereocenters. The van der Waals surface area contributed by atoms with E-state index in [1.54, 1.807) is 18.7 Å². The van der Waals surface area contributed by atoms with Crippen molar-refractivity contribution in [1.82, 2.24) is 4.90 Å². The monoisotopic (exact) mass is 261 g/mol. The maximum atomic E-state index is 12.4. The number of carbonyl (C=O) groups is 2. The van der Waals surface area contributed by atoms with E-state index in [1.807, 2.05) is 30.3 Å². The van der Waals surface area contributed by atoms with E-state index in [0.717, 1.165) is 5.56 Å². The van der Waals surface area contributed by atoms with Gasteiger partial charge in [0.2, 0.25) is 5.91 Å². The van der Waals surface area contributed by atoms with E-state index in [2.05, 4.69) is 0 Å². The van der Waals surface area contributed by atoms with Gasteiger partial charge in [0.25, 0.3) is 0 Å². The summed E-state index contributed by atoms with van der Waals surface area (Å²) in [6.45, 7) is 4.89. The Balaban J connectivity index is 2.07. The normalized spacial score (nSPS) is 22.6. The van der Waals surface area contributed by atoms with Crippen LogP contribution in [0.25, 0.3) is 0 Å². The van der Waals surface area contributed by atoms with Crippen molar-refractivity contribution < 1.29 is 14.3 Å². The highest BCUT2D eigenvalue weighted by Crippen LogP contribution is 2.33. The largest absolute Gasteiger partial charge is 0.465 e. The van der Waals surface area contributed by atoms with Crippen LogP contribution >= 0.6 is 0 Å². The van der Waals surface area contributed by atoms with Crippen LogP contribution in [0.15, 0.2) is 30.3 Å². The SMILES string of the molecule is CCOC(=O)C1(C)CCN(Cc2ccccc2)C1=O. The zero-order valence-corrected chi connectivity index (χ0v) is 11.4. The molecule has 4 heteroatoms. The van der Waals surface area contributed by atoms with Gasteiger partial charge in [-0.1, -0.05) is 30.3 Å². The van der Waals surface area contributed by atoms with Crippen LogP contribution in [-0.4, -0.2) is 29.9 Å². The van der Waals surface area contributed by atoms with Gasteiger partial charge in [0.05, 0.1) is 6.61 Å². The zero-order valence-electron chi connectivity index (χ0n) is 11.4.